The van der Waals surface area contributed by atoms with E-state index in [-0.39, 0.29) is 12.2 Å². The quantitative estimate of drug-likeness (QED) is 0.768. The van der Waals surface area contributed by atoms with Gasteiger partial charge in [0.1, 0.15) is 17.3 Å². The van der Waals surface area contributed by atoms with Gasteiger partial charge in [-0.25, -0.2) is 9.97 Å². The van der Waals surface area contributed by atoms with Gasteiger partial charge in [0, 0.05) is 10.4 Å². The maximum Gasteiger partial charge on any atom is 0.225 e. The molecule has 0 radical (unpaired) electrons. The first kappa shape index (κ1) is 20.0. The molecule has 0 aromatic carbocycles. The molecule has 0 amide bonds. The first-order valence-electron chi connectivity index (χ1n) is 10.7. The first-order chi connectivity index (χ1) is 13.4. The lowest BCUT2D eigenvalue weighted by molar-refractivity contribution is 0.0402. The van der Waals surface area contributed by atoms with Crippen molar-refractivity contribution in [2.45, 2.75) is 88.9 Å². The van der Waals surface area contributed by atoms with Gasteiger partial charge in [-0.15, -0.1) is 11.3 Å². The zero-order valence-corrected chi connectivity index (χ0v) is 18.4. The summed E-state index contributed by atoms with van der Waals surface area (Å²) in [5.41, 5.74) is 1.66. The van der Waals surface area contributed by atoms with Crippen molar-refractivity contribution in [3.63, 3.8) is 0 Å². The molecule has 4 rings (SSSR count). The number of thiophene rings is 1. The Hall–Kier alpha value is -1.24. The third kappa shape index (κ3) is 3.55. The Bertz CT molecular complexity index is 825. The SMILES string of the molecule is CCC1(N(C)C)CCC(Oc2ncnc3sc4c(c23)[C@@H](C[C@@H](C)O)CC4)CC1. The van der Waals surface area contributed by atoms with E-state index in [1.54, 1.807) is 17.7 Å². The molecule has 6 heteroatoms. The van der Waals surface area contributed by atoms with Gasteiger partial charge < -0.3 is 14.7 Å². The highest BCUT2D eigenvalue weighted by Gasteiger charge is 2.37. The minimum atomic E-state index is -0.286. The lowest BCUT2D eigenvalue weighted by Gasteiger charge is -2.44. The fourth-order valence-electron chi connectivity index (χ4n) is 5.30. The summed E-state index contributed by atoms with van der Waals surface area (Å²) in [7, 11) is 4.41. The van der Waals surface area contributed by atoms with Crippen LogP contribution in [0.2, 0.25) is 0 Å². The molecule has 28 heavy (non-hydrogen) atoms. The molecule has 0 unspecified atom stereocenters. The summed E-state index contributed by atoms with van der Waals surface area (Å²) in [6, 6.07) is 0. The van der Waals surface area contributed by atoms with Gasteiger partial charge >= 0.3 is 0 Å². The Morgan fingerprint density at radius 1 is 1.29 bits per heavy atom. The Kier molecular flexibility index (Phi) is 5.64. The summed E-state index contributed by atoms with van der Waals surface area (Å²) in [6.45, 7) is 4.18. The van der Waals surface area contributed by atoms with Crippen LogP contribution in [0.25, 0.3) is 10.2 Å². The second-order valence-electron chi connectivity index (χ2n) is 8.91. The van der Waals surface area contributed by atoms with Gasteiger partial charge in [0.05, 0.1) is 11.5 Å². The lowest BCUT2D eigenvalue weighted by atomic mass is 9.77. The van der Waals surface area contributed by atoms with Gasteiger partial charge in [0.15, 0.2) is 0 Å². The smallest absolute Gasteiger partial charge is 0.225 e. The molecule has 0 bridgehead atoms. The normalized spacial score (nSPS) is 28.6. The topological polar surface area (TPSA) is 58.5 Å². The van der Waals surface area contributed by atoms with Crippen LogP contribution in [0.1, 0.15) is 75.2 Å². The molecule has 1 saturated carbocycles. The number of aliphatic hydroxyl groups excluding tert-OH is 1. The summed E-state index contributed by atoms with van der Waals surface area (Å²) in [6.07, 6.45) is 10.2. The molecular weight excluding hydrogens is 370 g/mol. The maximum atomic E-state index is 9.93. The van der Waals surface area contributed by atoms with E-state index in [0.29, 0.717) is 11.5 Å². The fourth-order valence-corrected chi connectivity index (χ4v) is 6.53. The van der Waals surface area contributed by atoms with Crippen LogP contribution in [0.5, 0.6) is 5.88 Å². The number of aromatic nitrogens is 2. The molecule has 1 N–H and O–H groups in total. The number of rotatable bonds is 6. The molecule has 2 aromatic heterocycles. The van der Waals surface area contributed by atoms with Crippen molar-refractivity contribution < 1.29 is 9.84 Å². The molecular formula is C22H33N3O2S. The summed E-state index contributed by atoms with van der Waals surface area (Å²) in [5.74, 6) is 1.16. The minimum absolute atomic E-state index is 0.227. The maximum absolute atomic E-state index is 9.93. The zero-order valence-electron chi connectivity index (χ0n) is 17.6. The number of nitrogens with zero attached hydrogens (tertiary/aromatic N) is 3. The second kappa shape index (κ2) is 7.88. The summed E-state index contributed by atoms with van der Waals surface area (Å²) >= 11 is 1.78. The predicted octanol–water partition coefficient (Wildman–Crippen LogP) is 4.52. The van der Waals surface area contributed by atoms with E-state index in [2.05, 4.69) is 35.9 Å². The minimum Gasteiger partial charge on any atom is -0.474 e. The number of hydrogen-bond acceptors (Lipinski definition) is 6. The van der Waals surface area contributed by atoms with E-state index in [9.17, 15) is 5.11 Å². The molecule has 0 saturated heterocycles. The van der Waals surface area contributed by atoms with E-state index in [1.807, 2.05) is 6.92 Å². The number of hydrogen-bond donors (Lipinski definition) is 1. The first-order valence-corrected chi connectivity index (χ1v) is 11.5. The van der Waals surface area contributed by atoms with Crippen LogP contribution >= 0.6 is 11.3 Å². The van der Waals surface area contributed by atoms with Crippen LogP contribution in [0, 0.1) is 0 Å². The van der Waals surface area contributed by atoms with Crippen molar-refractivity contribution >= 4 is 21.6 Å². The van der Waals surface area contributed by atoms with Gasteiger partial charge in [-0.2, -0.15) is 0 Å². The van der Waals surface area contributed by atoms with Gasteiger partial charge in [-0.3, -0.25) is 0 Å². The van der Waals surface area contributed by atoms with Crippen molar-refractivity contribution in [2.24, 2.45) is 0 Å². The van der Waals surface area contributed by atoms with E-state index in [1.165, 1.54) is 29.7 Å². The number of ether oxygens (including phenoxy) is 1. The van der Waals surface area contributed by atoms with Crippen LogP contribution in [-0.2, 0) is 6.42 Å². The van der Waals surface area contributed by atoms with E-state index >= 15 is 0 Å². The average Bonchev–Trinajstić information content (AvgIpc) is 3.22. The van der Waals surface area contributed by atoms with Crippen molar-refractivity contribution in [3.05, 3.63) is 16.8 Å². The van der Waals surface area contributed by atoms with Crippen LogP contribution in [0.4, 0.5) is 0 Å². The fraction of sp³-hybridized carbons (Fsp3) is 0.727. The Balaban J connectivity index is 1.57. The lowest BCUT2D eigenvalue weighted by Crippen LogP contribution is -2.48. The molecule has 154 valence electrons. The Morgan fingerprint density at radius 3 is 2.68 bits per heavy atom. The standard InChI is InChI=1S/C22H33N3O2S/c1-5-22(25(3)4)10-8-16(9-11-22)27-20-19-18-15(12-14(2)26)6-7-17(18)28-21(19)24-13-23-20/h13-16,26H,5-12H2,1-4H3/t14-,15-,16?,22?/m1/s1. The number of aliphatic hydroxyl groups is 1. The number of aryl methyl sites for hydroxylation is 1. The molecule has 2 heterocycles. The monoisotopic (exact) mass is 403 g/mol. The molecule has 0 spiro atoms. The van der Waals surface area contributed by atoms with Gasteiger partial charge in [0.25, 0.3) is 0 Å². The molecule has 5 nitrogen and oxygen atoms in total. The molecule has 1 fully saturated rings. The van der Waals surface area contributed by atoms with E-state index in [0.717, 1.165) is 48.2 Å². The van der Waals surface area contributed by atoms with Crippen LogP contribution < -0.4 is 4.74 Å². The van der Waals surface area contributed by atoms with Crippen molar-refractivity contribution in [1.82, 2.24) is 14.9 Å². The largest absolute Gasteiger partial charge is 0.474 e. The van der Waals surface area contributed by atoms with Crippen molar-refractivity contribution in [1.29, 1.82) is 0 Å². The van der Waals surface area contributed by atoms with Crippen molar-refractivity contribution in [2.75, 3.05) is 14.1 Å². The number of fused-ring (bicyclic) bond motifs is 3. The van der Waals surface area contributed by atoms with Crippen molar-refractivity contribution in [3.8, 4) is 5.88 Å². The van der Waals surface area contributed by atoms with Crippen LogP contribution in [0.3, 0.4) is 0 Å². The van der Waals surface area contributed by atoms with Crippen LogP contribution in [0.15, 0.2) is 6.33 Å². The molecule has 2 aliphatic carbocycles. The zero-order chi connectivity index (χ0) is 19.9. The van der Waals surface area contributed by atoms with E-state index in [4.69, 9.17) is 4.74 Å². The van der Waals surface area contributed by atoms with Gasteiger partial charge in [0.2, 0.25) is 5.88 Å². The summed E-state index contributed by atoms with van der Waals surface area (Å²) in [5, 5.41) is 11.0. The van der Waals surface area contributed by atoms with Gasteiger partial charge in [-0.05, 0) is 83.9 Å². The third-order valence-corrected chi connectivity index (χ3v) is 8.24. The Labute approximate surface area is 172 Å². The second-order valence-corrected chi connectivity index (χ2v) is 9.99. The third-order valence-electron chi connectivity index (χ3n) is 7.07. The van der Waals surface area contributed by atoms with Crippen LogP contribution in [-0.4, -0.2) is 51.8 Å². The van der Waals surface area contributed by atoms with Gasteiger partial charge in [-0.1, -0.05) is 6.92 Å². The molecule has 0 aliphatic heterocycles. The summed E-state index contributed by atoms with van der Waals surface area (Å²) in [4.78, 5) is 13.9. The predicted molar refractivity (Wildman–Crippen MR) is 114 cm³/mol. The highest BCUT2D eigenvalue weighted by atomic mass is 32.1. The molecule has 2 aromatic rings. The van der Waals surface area contributed by atoms with E-state index < -0.39 is 0 Å². The Morgan fingerprint density at radius 2 is 2.04 bits per heavy atom. The average molecular weight is 404 g/mol. The highest BCUT2D eigenvalue weighted by molar-refractivity contribution is 7.19. The molecule has 2 aliphatic rings. The molecule has 2 atom stereocenters. The highest BCUT2D eigenvalue weighted by Crippen LogP contribution is 2.48. The summed E-state index contributed by atoms with van der Waals surface area (Å²) < 4.78 is 6.50.